The molecule has 1 atom stereocenters. The monoisotopic (exact) mass is 565 g/mol. The lowest BCUT2D eigenvalue weighted by atomic mass is 10.1. The van der Waals surface area contributed by atoms with E-state index >= 15 is 0 Å². The highest BCUT2D eigenvalue weighted by atomic mass is 32.2. The first kappa shape index (κ1) is 28.6. The number of esters is 1. The number of ether oxygens (including phenoxy) is 2. The van der Waals surface area contributed by atoms with Gasteiger partial charge in [-0.15, -0.1) is 0 Å². The van der Waals surface area contributed by atoms with E-state index in [4.69, 9.17) is 14.6 Å². The molecule has 4 rings (SSSR count). The minimum atomic E-state index is -3.77. The number of sulfonamides is 1. The fourth-order valence-corrected chi connectivity index (χ4v) is 4.66. The van der Waals surface area contributed by atoms with Gasteiger partial charge < -0.3 is 14.8 Å². The Morgan fingerprint density at radius 2 is 1.70 bits per heavy atom. The first-order valence-electron chi connectivity index (χ1n) is 12.2. The molecule has 3 aromatic rings. The Morgan fingerprint density at radius 1 is 1.00 bits per heavy atom. The molecule has 2 amide bonds. The van der Waals surface area contributed by atoms with Crippen LogP contribution in [-0.2, 0) is 30.8 Å². The third-order valence-electron chi connectivity index (χ3n) is 6.29. The first-order chi connectivity index (χ1) is 19.1. The minimum Gasteiger partial charge on any atom is -0.497 e. The molecule has 11 nitrogen and oxygen atoms in total. The second kappa shape index (κ2) is 12.2. The molecule has 0 aromatic heterocycles. The summed E-state index contributed by atoms with van der Waals surface area (Å²) >= 11 is 0. The molecule has 0 bridgehead atoms. The summed E-state index contributed by atoms with van der Waals surface area (Å²) in [7, 11) is -2.29. The van der Waals surface area contributed by atoms with Gasteiger partial charge in [-0.2, -0.15) is 0 Å². The Balaban J connectivity index is 1.30. The third-order valence-corrected chi connectivity index (χ3v) is 7.22. The molecule has 40 heavy (non-hydrogen) atoms. The van der Waals surface area contributed by atoms with E-state index in [1.54, 1.807) is 36.4 Å². The van der Waals surface area contributed by atoms with Crippen molar-refractivity contribution in [2.45, 2.75) is 23.8 Å². The van der Waals surface area contributed by atoms with Crippen LogP contribution in [0.15, 0.2) is 77.7 Å². The number of rotatable bonds is 11. The van der Waals surface area contributed by atoms with Crippen LogP contribution in [0.25, 0.3) is 0 Å². The van der Waals surface area contributed by atoms with Crippen molar-refractivity contribution in [3.8, 4) is 5.75 Å². The summed E-state index contributed by atoms with van der Waals surface area (Å²) in [6.07, 6.45) is 0.472. The number of carbonyl (C=O) groups is 4. The summed E-state index contributed by atoms with van der Waals surface area (Å²) in [4.78, 5) is 51.3. The number of nitrogens with one attached hydrogen (secondary N) is 1. The largest absolute Gasteiger partial charge is 0.497 e. The first-order valence-corrected chi connectivity index (χ1v) is 13.8. The number of methoxy groups -OCH3 is 1. The zero-order valence-corrected chi connectivity index (χ0v) is 22.3. The lowest BCUT2D eigenvalue weighted by Crippen LogP contribution is -2.39. The topological polar surface area (TPSA) is 162 Å². The molecule has 1 heterocycles. The number of hydrogen-bond donors (Lipinski definition) is 2. The van der Waals surface area contributed by atoms with Gasteiger partial charge in [0.25, 0.3) is 5.91 Å². The smallest absolute Gasteiger partial charge is 0.338 e. The van der Waals surface area contributed by atoms with Crippen molar-refractivity contribution in [2.75, 3.05) is 25.2 Å². The van der Waals surface area contributed by atoms with Crippen LogP contribution >= 0.6 is 0 Å². The summed E-state index contributed by atoms with van der Waals surface area (Å²) in [6.45, 7) is -0.0774. The van der Waals surface area contributed by atoms with Crippen LogP contribution < -0.4 is 20.1 Å². The predicted octanol–water partition coefficient (Wildman–Crippen LogP) is 1.85. The predicted molar refractivity (Wildman–Crippen MR) is 144 cm³/mol. The quantitative estimate of drug-likeness (QED) is 0.201. The lowest BCUT2D eigenvalue weighted by molar-refractivity contribution is -0.121. The Labute approximate surface area is 230 Å². The summed E-state index contributed by atoms with van der Waals surface area (Å²) in [5.74, 6) is -1.42. The number of imide groups is 1. The molecule has 0 radical (unpaired) electrons. The van der Waals surface area contributed by atoms with E-state index in [0.717, 1.165) is 10.5 Å². The van der Waals surface area contributed by atoms with Crippen LogP contribution in [0.5, 0.6) is 5.75 Å². The fraction of sp³-hybridized carbons (Fsp3) is 0.214. The van der Waals surface area contributed by atoms with Gasteiger partial charge in [-0.25, -0.2) is 23.3 Å². The van der Waals surface area contributed by atoms with Crippen molar-refractivity contribution in [1.82, 2.24) is 5.32 Å². The van der Waals surface area contributed by atoms with Gasteiger partial charge in [-0.3, -0.25) is 14.4 Å². The molecule has 0 spiro atoms. The molecule has 0 aliphatic carbocycles. The SMILES string of the molecule is COc1cccc(C(=O)COC(=O)c2ccc(N3C(=O)CC(NCCc4ccc(S(N)(=O)=O)cc4)C3=O)cc2)c1. The van der Waals surface area contributed by atoms with Crippen LogP contribution in [0.3, 0.4) is 0 Å². The standard InChI is InChI=1S/C28H27N3O8S/c1-38-22-4-2-3-20(15-22)25(32)17-39-28(35)19-7-9-21(10-8-19)31-26(33)16-24(27(31)34)30-14-13-18-5-11-23(12-6-18)40(29,36)37/h2-12,15,24,30H,13-14,16-17H2,1H3,(H2,29,36,37). The van der Waals surface area contributed by atoms with Gasteiger partial charge in [0.1, 0.15) is 5.75 Å². The van der Waals surface area contributed by atoms with Crippen LogP contribution in [0.2, 0.25) is 0 Å². The Kier molecular flexibility index (Phi) is 8.73. The van der Waals surface area contributed by atoms with Gasteiger partial charge >= 0.3 is 5.97 Å². The van der Waals surface area contributed by atoms with E-state index in [1.165, 1.54) is 43.5 Å². The maximum Gasteiger partial charge on any atom is 0.338 e. The molecule has 0 saturated carbocycles. The van der Waals surface area contributed by atoms with Crippen LogP contribution in [-0.4, -0.2) is 58.3 Å². The van der Waals surface area contributed by atoms with E-state index < -0.39 is 40.3 Å². The second-order valence-electron chi connectivity index (χ2n) is 9.00. The zero-order chi connectivity index (χ0) is 28.9. The number of primary sulfonamides is 1. The van der Waals surface area contributed by atoms with Crippen molar-refractivity contribution >= 4 is 39.3 Å². The van der Waals surface area contributed by atoms with Crippen molar-refractivity contribution in [1.29, 1.82) is 0 Å². The second-order valence-corrected chi connectivity index (χ2v) is 10.6. The van der Waals surface area contributed by atoms with E-state index in [-0.39, 0.29) is 22.8 Å². The third kappa shape index (κ3) is 6.78. The Hall–Kier alpha value is -4.39. The van der Waals surface area contributed by atoms with E-state index in [9.17, 15) is 27.6 Å². The number of nitrogens with zero attached hydrogens (tertiary/aromatic N) is 1. The van der Waals surface area contributed by atoms with E-state index in [0.29, 0.717) is 30.0 Å². The van der Waals surface area contributed by atoms with Crippen molar-refractivity contribution in [2.24, 2.45) is 5.14 Å². The van der Waals surface area contributed by atoms with Crippen LogP contribution in [0.1, 0.15) is 32.7 Å². The van der Waals surface area contributed by atoms with Gasteiger partial charge in [0.15, 0.2) is 12.4 Å². The molecular formula is C28H27N3O8S. The summed E-state index contributed by atoms with van der Waals surface area (Å²) < 4.78 is 33.0. The highest BCUT2D eigenvalue weighted by Gasteiger charge is 2.39. The number of hydrogen-bond acceptors (Lipinski definition) is 9. The molecule has 1 aliphatic heterocycles. The molecule has 3 N–H and O–H groups in total. The van der Waals surface area contributed by atoms with Gasteiger partial charge in [-0.05, 0) is 67.1 Å². The average Bonchev–Trinajstić information content (AvgIpc) is 3.23. The Morgan fingerprint density at radius 3 is 2.35 bits per heavy atom. The van der Waals surface area contributed by atoms with Crippen molar-refractivity contribution in [3.63, 3.8) is 0 Å². The molecule has 3 aromatic carbocycles. The van der Waals surface area contributed by atoms with Crippen molar-refractivity contribution < 1.29 is 37.1 Å². The summed E-state index contributed by atoms with van der Waals surface area (Å²) in [6, 6.07) is 17.6. The zero-order valence-electron chi connectivity index (χ0n) is 21.5. The van der Waals surface area contributed by atoms with E-state index in [2.05, 4.69) is 5.32 Å². The molecule has 208 valence electrons. The van der Waals surface area contributed by atoms with Crippen LogP contribution in [0.4, 0.5) is 5.69 Å². The number of carbonyl (C=O) groups excluding carboxylic acids is 4. The molecule has 1 unspecified atom stereocenters. The lowest BCUT2D eigenvalue weighted by Gasteiger charge is -2.16. The van der Waals surface area contributed by atoms with Gasteiger partial charge in [0.05, 0.1) is 35.7 Å². The summed E-state index contributed by atoms with van der Waals surface area (Å²) in [5, 5.41) is 8.17. The number of amides is 2. The maximum absolute atomic E-state index is 12.9. The van der Waals surface area contributed by atoms with Gasteiger partial charge in [-0.1, -0.05) is 24.3 Å². The molecule has 1 fully saturated rings. The number of nitrogens with two attached hydrogens (primary N) is 1. The number of Topliss-reactive ketones (excluding diaryl/α,β-unsaturated/α-hetero) is 1. The molecular weight excluding hydrogens is 538 g/mol. The molecule has 12 heteroatoms. The van der Waals surface area contributed by atoms with Crippen LogP contribution in [0, 0.1) is 0 Å². The number of benzene rings is 3. The van der Waals surface area contributed by atoms with Gasteiger partial charge in [0, 0.05) is 5.56 Å². The highest BCUT2D eigenvalue weighted by molar-refractivity contribution is 7.89. The minimum absolute atomic E-state index is 0.0115. The maximum atomic E-state index is 12.9. The number of anilines is 1. The average molecular weight is 566 g/mol. The number of ketones is 1. The fourth-order valence-electron chi connectivity index (χ4n) is 4.14. The highest BCUT2D eigenvalue weighted by Crippen LogP contribution is 2.24. The molecule has 1 aliphatic rings. The molecule has 1 saturated heterocycles. The Bertz CT molecular complexity index is 1540. The normalized spacial score (nSPS) is 15.2. The van der Waals surface area contributed by atoms with Crippen molar-refractivity contribution in [3.05, 3.63) is 89.5 Å². The van der Waals surface area contributed by atoms with E-state index in [1.807, 2.05) is 0 Å². The van der Waals surface area contributed by atoms with Gasteiger partial charge in [0.2, 0.25) is 15.9 Å². The summed E-state index contributed by atoms with van der Waals surface area (Å²) in [5.41, 5.74) is 1.64.